The number of hydrogen-bond donors (Lipinski definition) is 1. The Morgan fingerprint density at radius 3 is 3.06 bits per heavy atom. The number of nitrogens with zero attached hydrogens (tertiary/aromatic N) is 3. The number of halogens is 1. The predicted octanol–water partition coefficient (Wildman–Crippen LogP) is 2.04. The first-order valence-electron chi connectivity index (χ1n) is 6.15. The summed E-state index contributed by atoms with van der Waals surface area (Å²) in [7, 11) is 0. The molecule has 94 valence electrons. The van der Waals surface area contributed by atoms with E-state index in [9.17, 15) is 5.11 Å². The normalized spacial score (nSPS) is 19.9. The topological polar surface area (TPSA) is 49.2 Å². The first-order chi connectivity index (χ1) is 8.24. The first-order valence-corrected chi connectivity index (χ1v) is 6.53. The van der Waals surface area contributed by atoms with Crippen molar-refractivity contribution in [2.75, 3.05) is 18.1 Å². The zero-order valence-electron chi connectivity index (χ0n) is 10.1. The summed E-state index contributed by atoms with van der Waals surface area (Å²) in [6.45, 7) is 3.20. The largest absolute Gasteiger partial charge is 0.394 e. The van der Waals surface area contributed by atoms with Gasteiger partial charge in [0.15, 0.2) is 0 Å². The molecule has 0 aliphatic carbocycles. The maximum atomic E-state index is 9.32. The fourth-order valence-electron chi connectivity index (χ4n) is 2.26. The highest BCUT2D eigenvalue weighted by atomic mass is 35.5. The lowest BCUT2D eigenvalue weighted by molar-refractivity contribution is 0.266. The number of anilines is 1. The van der Waals surface area contributed by atoms with Gasteiger partial charge in [0.05, 0.1) is 12.6 Å². The third-order valence-corrected chi connectivity index (χ3v) is 3.28. The standard InChI is InChI=1S/C12H18ClN3O/c1-2-4-11-14-10(13)7-12(15-11)16-6-3-5-9(16)8-17/h7,9,17H,2-6,8H2,1H3. The Labute approximate surface area is 107 Å². The summed E-state index contributed by atoms with van der Waals surface area (Å²) < 4.78 is 0. The van der Waals surface area contributed by atoms with Crippen LogP contribution in [0.1, 0.15) is 32.0 Å². The van der Waals surface area contributed by atoms with Gasteiger partial charge in [0.2, 0.25) is 0 Å². The Hall–Kier alpha value is -0.870. The fourth-order valence-corrected chi connectivity index (χ4v) is 2.46. The van der Waals surface area contributed by atoms with E-state index in [1.165, 1.54) is 0 Å². The maximum Gasteiger partial charge on any atom is 0.134 e. The molecule has 0 radical (unpaired) electrons. The molecule has 1 saturated heterocycles. The average molecular weight is 256 g/mol. The Balaban J connectivity index is 2.24. The summed E-state index contributed by atoms with van der Waals surface area (Å²) in [4.78, 5) is 10.9. The molecule has 17 heavy (non-hydrogen) atoms. The van der Waals surface area contributed by atoms with Gasteiger partial charge in [0.1, 0.15) is 16.8 Å². The lowest BCUT2D eigenvalue weighted by Crippen LogP contribution is -2.33. The van der Waals surface area contributed by atoms with Crippen LogP contribution < -0.4 is 4.90 Å². The van der Waals surface area contributed by atoms with Crippen molar-refractivity contribution in [3.05, 3.63) is 17.0 Å². The Morgan fingerprint density at radius 2 is 2.35 bits per heavy atom. The lowest BCUT2D eigenvalue weighted by atomic mass is 10.2. The van der Waals surface area contributed by atoms with Crippen molar-refractivity contribution in [2.24, 2.45) is 0 Å². The van der Waals surface area contributed by atoms with Gasteiger partial charge in [-0.05, 0) is 19.3 Å². The Bertz CT molecular complexity index is 386. The number of aliphatic hydroxyl groups excluding tert-OH is 1. The van der Waals surface area contributed by atoms with Crippen LogP contribution in [-0.4, -0.2) is 34.3 Å². The summed E-state index contributed by atoms with van der Waals surface area (Å²) in [5, 5.41) is 9.81. The molecule has 1 aromatic heterocycles. The molecular weight excluding hydrogens is 238 g/mol. The van der Waals surface area contributed by atoms with Crippen molar-refractivity contribution < 1.29 is 5.11 Å². The van der Waals surface area contributed by atoms with E-state index in [-0.39, 0.29) is 12.6 Å². The van der Waals surface area contributed by atoms with Gasteiger partial charge < -0.3 is 10.0 Å². The summed E-state index contributed by atoms with van der Waals surface area (Å²) in [6, 6.07) is 1.96. The monoisotopic (exact) mass is 255 g/mol. The van der Waals surface area contributed by atoms with Crippen LogP contribution in [0.4, 0.5) is 5.82 Å². The quantitative estimate of drug-likeness (QED) is 0.837. The van der Waals surface area contributed by atoms with Crippen LogP contribution >= 0.6 is 11.6 Å². The van der Waals surface area contributed by atoms with Gasteiger partial charge in [-0.3, -0.25) is 0 Å². The van der Waals surface area contributed by atoms with Crippen molar-refractivity contribution in [3.63, 3.8) is 0 Å². The van der Waals surface area contributed by atoms with Gasteiger partial charge in [-0.2, -0.15) is 0 Å². The second kappa shape index (κ2) is 5.65. The van der Waals surface area contributed by atoms with E-state index in [0.717, 1.165) is 43.9 Å². The highest BCUT2D eigenvalue weighted by molar-refractivity contribution is 6.29. The van der Waals surface area contributed by atoms with Crippen LogP contribution in [0.2, 0.25) is 5.15 Å². The van der Waals surface area contributed by atoms with E-state index in [2.05, 4.69) is 21.8 Å². The lowest BCUT2D eigenvalue weighted by Gasteiger charge is -2.24. The zero-order valence-corrected chi connectivity index (χ0v) is 10.8. The van der Waals surface area contributed by atoms with Crippen molar-refractivity contribution in [3.8, 4) is 0 Å². The number of rotatable bonds is 4. The molecule has 1 N–H and O–H groups in total. The molecule has 2 heterocycles. The molecule has 1 aromatic rings. The number of aromatic nitrogens is 2. The first kappa shape index (κ1) is 12.6. The highest BCUT2D eigenvalue weighted by Gasteiger charge is 2.25. The number of hydrogen-bond acceptors (Lipinski definition) is 4. The van der Waals surface area contributed by atoms with Crippen LogP contribution in [0.15, 0.2) is 6.07 Å². The summed E-state index contributed by atoms with van der Waals surface area (Å²) in [6.07, 6.45) is 3.95. The van der Waals surface area contributed by atoms with Crippen molar-refractivity contribution in [1.82, 2.24) is 9.97 Å². The molecule has 0 amide bonds. The molecule has 0 saturated carbocycles. The molecular formula is C12H18ClN3O. The molecule has 1 unspecified atom stereocenters. The highest BCUT2D eigenvalue weighted by Crippen LogP contribution is 2.25. The summed E-state index contributed by atoms with van der Waals surface area (Å²) in [5.41, 5.74) is 0. The predicted molar refractivity (Wildman–Crippen MR) is 68.5 cm³/mol. The molecule has 0 bridgehead atoms. The van der Waals surface area contributed by atoms with Crippen LogP contribution in [0.3, 0.4) is 0 Å². The number of aliphatic hydroxyl groups is 1. The van der Waals surface area contributed by atoms with E-state index in [0.29, 0.717) is 5.15 Å². The molecule has 5 heteroatoms. The molecule has 2 rings (SSSR count). The Kier molecular flexibility index (Phi) is 4.18. The van der Waals surface area contributed by atoms with E-state index < -0.39 is 0 Å². The van der Waals surface area contributed by atoms with Crippen molar-refractivity contribution in [2.45, 2.75) is 38.6 Å². The molecule has 0 spiro atoms. The second-order valence-electron chi connectivity index (χ2n) is 4.39. The van der Waals surface area contributed by atoms with Crippen LogP contribution in [0.5, 0.6) is 0 Å². The van der Waals surface area contributed by atoms with Gasteiger partial charge in [-0.15, -0.1) is 0 Å². The van der Waals surface area contributed by atoms with E-state index >= 15 is 0 Å². The van der Waals surface area contributed by atoms with Crippen LogP contribution in [0.25, 0.3) is 0 Å². The number of aryl methyl sites for hydroxylation is 1. The second-order valence-corrected chi connectivity index (χ2v) is 4.77. The summed E-state index contributed by atoms with van der Waals surface area (Å²) >= 11 is 6.01. The molecule has 1 aliphatic heterocycles. The van der Waals surface area contributed by atoms with Gasteiger partial charge >= 0.3 is 0 Å². The van der Waals surface area contributed by atoms with Crippen LogP contribution in [-0.2, 0) is 6.42 Å². The average Bonchev–Trinajstić information content (AvgIpc) is 2.76. The van der Waals surface area contributed by atoms with E-state index in [4.69, 9.17) is 11.6 Å². The molecule has 0 aromatic carbocycles. The molecule has 4 nitrogen and oxygen atoms in total. The minimum absolute atomic E-state index is 0.171. The molecule has 1 fully saturated rings. The smallest absolute Gasteiger partial charge is 0.134 e. The minimum Gasteiger partial charge on any atom is -0.394 e. The SMILES string of the molecule is CCCc1nc(Cl)cc(N2CCCC2CO)n1. The third-order valence-electron chi connectivity index (χ3n) is 3.08. The van der Waals surface area contributed by atoms with Crippen molar-refractivity contribution >= 4 is 17.4 Å². The molecule has 1 aliphatic rings. The zero-order chi connectivity index (χ0) is 12.3. The van der Waals surface area contributed by atoms with E-state index in [1.54, 1.807) is 6.07 Å². The van der Waals surface area contributed by atoms with E-state index in [1.807, 2.05) is 0 Å². The fraction of sp³-hybridized carbons (Fsp3) is 0.667. The van der Waals surface area contributed by atoms with Gasteiger partial charge in [0, 0.05) is 19.0 Å². The third kappa shape index (κ3) is 2.87. The minimum atomic E-state index is 0.171. The maximum absolute atomic E-state index is 9.32. The van der Waals surface area contributed by atoms with Crippen LogP contribution in [0, 0.1) is 0 Å². The summed E-state index contributed by atoms with van der Waals surface area (Å²) in [5.74, 6) is 1.64. The van der Waals surface area contributed by atoms with Gasteiger partial charge in [-0.25, -0.2) is 9.97 Å². The Morgan fingerprint density at radius 1 is 1.53 bits per heavy atom. The van der Waals surface area contributed by atoms with Gasteiger partial charge in [-0.1, -0.05) is 18.5 Å². The molecule has 1 atom stereocenters. The van der Waals surface area contributed by atoms with Gasteiger partial charge in [0.25, 0.3) is 0 Å². The van der Waals surface area contributed by atoms with Crippen molar-refractivity contribution in [1.29, 1.82) is 0 Å².